The van der Waals surface area contributed by atoms with E-state index in [4.69, 9.17) is 0 Å². The second kappa shape index (κ2) is 5.01. The zero-order chi connectivity index (χ0) is 13.2. The predicted octanol–water partition coefficient (Wildman–Crippen LogP) is 1.04. The van der Waals surface area contributed by atoms with E-state index in [9.17, 15) is 13.2 Å². The third kappa shape index (κ3) is 2.95. The van der Waals surface area contributed by atoms with Crippen molar-refractivity contribution in [2.24, 2.45) is 5.92 Å². The van der Waals surface area contributed by atoms with Crippen LogP contribution in [0, 0.1) is 5.92 Å². The van der Waals surface area contributed by atoms with Gasteiger partial charge in [0.1, 0.15) is 0 Å². The van der Waals surface area contributed by atoms with Crippen molar-refractivity contribution in [2.75, 3.05) is 7.05 Å². The maximum Gasteiger partial charge on any atom is 0.247 e. The zero-order valence-electron chi connectivity index (χ0n) is 10.5. The predicted molar refractivity (Wildman–Crippen MR) is 66.3 cm³/mol. The van der Waals surface area contributed by atoms with Crippen LogP contribution >= 0.6 is 0 Å². The Kier molecular flexibility index (Phi) is 4.11. The zero-order valence-corrected chi connectivity index (χ0v) is 11.3. The lowest BCUT2D eigenvalue weighted by Crippen LogP contribution is -2.38. The van der Waals surface area contributed by atoms with Gasteiger partial charge >= 0.3 is 0 Å². The number of H-pyrrole nitrogens is 1. The van der Waals surface area contributed by atoms with E-state index in [-0.39, 0.29) is 22.4 Å². The molecule has 0 fully saturated rings. The van der Waals surface area contributed by atoms with Crippen molar-refractivity contribution in [1.82, 2.24) is 9.29 Å². The Hall–Kier alpha value is -1.14. The molecule has 5 nitrogen and oxygen atoms in total. The molecule has 0 saturated heterocycles. The molecule has 1 aromatic heterocycles. The molecular formula is C11H18N2O3S. The Balaban J connectivity index is 3.11. The Morgan fingerprint density at radius 1 is 1.24 bits per heavy atom. The molecule has 1 unspecified atom stereocenters. The first-order valence-corrected chi connectivity index (χ1v) is 6.87. The molecule has 0 bridgehead atoms. The molecule has 0 aliphatic rings. The van der Waals surface area contributed by atoms with Gasteiger partial charge in [-0.1, -0.05) is 13.8 Å². The lowest BCUT2D eigenvalue weighted by atomic mass is 10.1. The summed E-state index contributed by atoms with van der Waals surface area (Å²) >= 11 is 0. The third-order valence-electron chi connectivity index (χ3n) is 2.97. The van der Waals surface area contributed by atoms with Gasteiger partial charge in [-0.2, -0.15) is 4.31 Å². The number of hydrogen-bond acceptors (Lipinski definition) is 3. The van der Waals surface area contributed by atoms with E-state index < -0.39 is 10.0 Å². The largest absolute Gasteiger partial charge is 0.328 e. The topological polar surface area (TPSA) is 70.2 Å². The summed E-state index contributed by atoms with van der Waals surface area (Å²) < 4.78 is 25.7. The van der Waals surface area contributed by atoms with Crippen molar-refractivity contribution in [2.45, 2.75) is 31.7 Å². The highest BCUT2D eigenvalue weighted by molar-refractivity contribution is 7.89. The average Bonchev–Trinajstić information content (AvgIpc) is 2.27. The fourth-order valence-electron chi connectivity index (χ4n) is 1.36. The van der Waals surface area contributed by atoms with Crippen LogP contribution < -0.4 is 5.56 Å². The van der Waals surface area contributed by atoms with E-state index in [1.807, 2.05) is 20.8 Å². The molecule has 96 valence electrons. The molecule has 1 aromatic rings. The number of rotatable bonds is 4. The molecule has 0 spiro atoms. The Morgan fingerprint density at radius 2 is 1.82 bits per heavy atom. The smallest absolute Gasteiger partial charge is 0.247 e. The summed E-state index contributed by atoms with van der Waals surface area (Å²) in [7, 11) is -1.99. The van der Waals surface area contributed by atoms with Crippen LogP contribution in [0.3, 0.4) is 0 Å². The standard InChI is InChI=1S/C11H18N2O3S/c1-8(2)9(3)13(4)17(15,16)10-5-6-11(14)12-7-10/h5-9H,1-4H3,(H,12,14). The van der Waals surface area contributed by atoms with Gasteiger partial charge in [-0.25, -0.2) is 8.42 Å². The van der Waals surface area contributed by atoms with Crippen LogP contribution in [-0.2, 0) is 10.0 Å². The number of aromatic nitrogens is 1. The van der Waals surface area contributed by atoms with Gasteiger partial charge in [0.2, 0.25) is 15.6 Å². The fourth-order valence-corrected chi connectivity index (χ4v) is 2.82. The molecule has 0 aliphatic carbocycles. The minimum atomic E-state index is -3.54. The molecule has 0 aromatic carbocycles. The van der Waals surface area contributed by atoms with Gasteiger partial charge in [-0.15, -0.1) is 0 Å². The maximum absolute atomic E-state index is 12.2. The van der Waals surface area contributed by atoms with Gasteiger partial charge in [0.25, 0.3) is 0 Å². The highest BCUT2D eigenvalue weighted by atomic mass is 32.2. The molecular weight excluding hydrogens is 240 g/mol. The Bertz CT molecular complexity index is 513. The summed E-state index contributed by atoms with van der Waals surface area (Å²) in [5, 5.41) is 0. The van der Waals surface area contributed by atoms with Gasteiger partial charge in [-0.3, -0.25) is 4.79 Å². The van der Waals surface area contributed by atoms with Crippen LogP contribution in [0.2, 0.25) is 0 Å². The van der Waals surface area contributed by atoms with Gasteiger partial charge < -0.3 is 4.98 Å². The molecule has 1 heterocycles. The Labute approximate surface area is 102 Å². The van der Waals surface area contributed by atoms with Gasteiger partial charge in [0, 0.05) is 25.4 Å². The minimum absolute atomic E-state index is 0.104. The van der Waals surface area contributed by atoms with Crippen molar-refractivity contribution in [3.8, 4) is 0 Å². The summed E-state index contributed by atoms with van der Waals surface area (Å²) in [6, 6.07) is 2.42. The molecule has 17 heavy (non-hydrogen) atoms. The van der Waals surface area contributed by atoms with E-state index in [0.717, 1.165) is 0 Å². The Morgan fingerprint density at radius 3 is 2.24 bits per heavy atom. The molecule has 6 heteroatoms. The monoisotopic (exact) mass is 258 g/mol. The SMILES string of the molecule is CC(C)C(C)N(C)S(=O)(=O)c1ccc(=O)[nH]c1. The van der Waals surface area contributed by atoms with Crippen molar-refractivity contribution in [3.63, 3.8) is 0 Å². The molecule has 1 rings (SSSR count). The van der Waals surface area contributed by atoms with Crippen LogP contribution in [0.4, 0.5) is 0 Å². The van der Waals surface area contributed by atoms with Crippen LogP contribution in [0.15, 0.2) is 28.0 Å². The maximum atomic E-state index is 12.2. The molecule has 1 atom stereocenters. The molecule has 0 radical (unpaired) electrons. The van der Waals surface area contributed by atoms with Crippen LogP contribution in [0.25, 0.3) is 0 Å². The number of aromatic amines is 1. The van der Waals surface area contributed by atoms with Gasteiger partial charge in [0.05, 0.1) is 4.90 Å². The summed E-state index contributed by atoms with van der Waals surface area (Å²) in [6.07, 6.45) is 1.22. The molecule has 0 aliphatic heterocycles. The summed E-state index contributed by atoms with van der Waals surface area (Å²) in [5.74, 6) is 0.220. The second-order valence-corrected chi connectivity index (χ2v) is 6.39. The number of sulfonamides is 1. The van der Waals surface area contributed by atoms with Crippen molar-refractivity contribution < 1.29 is 8.42 Å². The van der Waals surface area contributed by atoms with Gasteiger partial charge in [-0.05, 0) is 18.9 Å². The molecule has 0 saturated carbocycles. The van der Waals surface area contributed by atoms with E-state index in [1.54, 1.807) is 7.05 Å². The van der Waals surface area contributed by atoms with Crippen molar-refractivity contribution >= 4 is 10.0 Å². The summed E-state index contributed by atoms with van der Waals surface area (Å²) in [6.45, 7) is 5.78. The van der Waals surface area contributed by atoms with E-state index >= 15 is 0 Å². The molecule has 1 N–H and O–H groups in total. The van der Waals surface area contributed by atoms with Crippen molar-refractivity contribution in [1.29, 1.82) is 0 Å². The second-order valence-electron chi connectivity index (χ2n) is 4.39. The van der Waals surface area contributed by atoms with E-state index in [0.29, 0.717) is 0 Å². The normalized spacial score (nSPS) is 14.2. The number of nitrogens with zero attached hydrogens (tertiary/aromatic N) is 1. The first-order chi connectivity index (χ1) is 7.76. The minimum Gasteiger partial charge on any atom is -0.328 e. The molecule has 0 amide bonds. The van der Waals surface area contributed by atoms with E-state index in [1.165, 1.54) is 22.6 Å². The van der Waals surface area contributed by atoms with Crippen LogP contribution in [0.1, 0.15) is 20.8 Å². The number of nitrogens with one attached hydrogen (secondary N) is 1. The fraction of sp³-hybridized carbons (Fsp3) is 0.545. The van der Waals surface area contributed by atoms with Crippen molar-refractivity contribution in [3.05, 3.63) is 28.7 Å². The average molecular weight is 258 g/mol. The highest BCUT2D eigenvalue weighted by Gasteiger charge is 2.26. The first-order valence-electron chi connectivity index (χ1n) is 5.43. The first kappa shape index (κ1) is 13.9. The van der Waals surface area contributed by atoms with Crippen LogP contribution in [-0.4, -0.2) is 30.8 Å². The highest BCUT2D eigenvalue weighted by Crippen LogP contribution is 2.18. The number of hydrogen-bond donors (Lipinski definition) is 1. The quantitative estimate of drug-likeness (QED) is 0.877. The number of pyridine rings is 1. The lowest BCUT2D eigenvalue weighted by Gasteiger charge is -2.27. The summed E-state index contributed by atoms with van der Waals surface area (Å²) in [5.41, 5.74) is -0.316. The van der Waals surface area contributed by atoms with E-state index in [2.05, 4.69) is 4.98 Å². The summed E-state index contributed by atoms with van der Waals surface area (Å²) in [4.78, 5) is 13.4. The lowest BCUT2D eigenvalue weighted by molar-refractivity contribution is 0.315. The van der Waals surface area contributed by atoms with Gasteiger partial charge in [0.15, 0.2) is 0 Å². The third-order valence-corrected chi connectivity index (χ3v) is 4.91. The van der Waals surface area contributed by atoms with Crippen LogP contribution in [0.5, 0.6) is 0 Å².